The summed E-state index contributed by atoms with van der Waals surface area (Å²) < 4.78 is 13.0. The molecule has 2 saturated carbocycles. The summed E-state index contributed by atoms with van der Waals surface area (Å²) in [5.41, 5.74) is 7.22. The molecule has 1 aromatic rings. The molecule has 21 heavy (non-hydrogen) atoms. The van der Waals surface area contributed by atoms with Crippen molar-refractivity contribution in [2.75, 3.05) is 13.1 Å². The predicted octanol–water partition coefficient (Wildman–Crippen LogP) is 2.12. The van der Waals surface area contributed by atoms with E-state index in [1.165, 1.54) is 18.6 Å². The molecule has 3 aliphatic rings. The van der Waals surface area contributed by atoms with Gasteiger partial charge in [0.25, 0.3) is 0 Å². The Morgan fingerprint density at radius 2 is 1.95 bits per heavy atom. The van der Waals surface area contributed by atoms with Crippen LogP contribution in [-0.4, -0.2) is 29.9 Å². The van der Waals surface area contributed by atoms with Crippen molar-refractivity contribution in [1.29, 1.82) is 0 Å². The molecular formula is C17H21FN2O. The second-order valence-electron chi connectivity index (χ2n) is 6.91. The van der Waals surface area contributed by atoms with Crippen molar-refractivity contribution in [3.05, 3.63) is 35.6 Å². The lowest BCUT2D eigenvalue weighted by atomic mass is 9.98. The summed E-state index contributed by atoms with van der Waals surface area (Å²) in [4.78, 5) is 14.6. The van der Waals surface area contributed by atoms with E-state index < -0.39 is 0 Å². The number of hydrogen-bond donors (Lipinski definition) is 1. The zero-order chi connectivity index (χ0) is 14.6. The summed E-state index contributed by atoms with van der Waals surface area (Å²) >= 11 is 0. The number of amides is 1. The summed E-state index contributed by atoms with van der Waals surface area (Å²) in [5.74, 6) is 1.58. The lowest BCUT2D eigenvalue weighted by molar-refractivity contribution is -0.131. The Labute approximate surface area is 124 Å². The average molecular weight is 288 g/mol. The molecule has 3 fully saturated rings. The lowest BCUT2D eigenvalue weighted by Crippen LogP contribution is -2.34. The van der Waals surface area contributed by atoms with Gasteiger partial charge in [-0.05, 0) is 54.7 Å². The standard InChI is InChI=1S/C17H21FN2O/c18-12-4-1-10(2-5-12)13-7-14(13)17(21)20-8-11-3-6-16(19)15(11)9-20/h1-2,4-5,11,13-16H,3,6-9,19H2. The fraction of sp³-hybridized carbons (Fsp3) is 0.588. The van der Waals surface area contributed by atoms with Gasteiger partial charge in [-0.2, -0.15) is 0 Å². The third-order valence-corrected chi connectivity index (χ3v) is 5.63. The lowest BCUT2D eigenvalue weighted by Gasteiger charge is -2.19. The molecule has 3 nitrogen and oxygen atoms in total. The first kappa shape index (κ1) is 13.3. The van der Waals surface area contributed by atoms with E-state index in [1.807, 2.05) is 17.0 Å². The molecule has 5 unspecified atom stereocenters. The van der Waals surface area contributed by atoms with Gasteiger partial charge in [-0.15, -0.1) is 0 Å². The highest BCUT2D eigenvalue weighted by atomic mass is 19.1. The molecule has 112 valence electrons. The van der Waals surface area contributed by atoms with E-state index in [2.05, 4.69) is 0 Å². The van der Waals surface area contributed by atoms with Crippen molar-refractivity contribution in [2.24, 2.45) is 23.5 Å². The number of benzene rings is 1. The molecule has 2 N–H and O–H groups in total. The van der Waals surface area contributed by atoms with Crippen LogP contribution in [0.3, 0.4) is 0 Å². The molecule has 0 spiro atoms. The van der Waals surface area contributed by atoms with Crippen LogP contribution in [0.2, 0.25) is 0 Å². The Bertz CT molecular complexity index is 558. The highest BCUT2D eigenvalue weighted by Crippen LogP contribution is 2.49. The number of carbonyl (C=O) groups is 1. The van der Waals surface area contributed by atoms with E-state index in [0.717, 1.165) is 31.5 Å². The Morgan fingerprint density at radius 3 is 2.67 bits per heavy atom. The van der Waals surface area contributed by atoms with E-state index in [9.17, 15) is 9.18 Å². The van der Waals surface area contributed by atoms with Crippen LogP contribution in [-0.2, 0) is 4.79 Å². The van der Waals surface area contributed by atoms with Gasteiger partial charge < -0.3 is 10.6 Å². The Hall–Kier alpha value is -1.42. The summed E-state index contributed by atoms with van der Waals surface area (Å²) in [5, 5.41) is 0. The molecule has 2 aliphatic carbocycles. The fourth-order valence-corrected chi connectivity index (χ4v) is 4.27. The van der Waals surface area contributed by atoms with Gasteiger partial charge in [-0.3, -0.25) is 4.79 Å². The van der Waals surface area contributed by atoms with Crippen LogP contribution in [0.1, 0.15) is 30.7 Å². The Kier molecular flexibility index (Phi) is 3.03. The molecule has 0 radical (unpaired) electrons. The van der Waals surface area contributed by atoms with Crippen LogP contribution in [0.15, 0.2) is 24.3 Å². The predicted molar refractivity (Wildman–Crippen MR) is 78.0 cm³/mol. The van der Waals surface area contributed by atoms with E-state index in [4.69, 9.17) is 5.73 Å². The maximum absolute atomic E-state index is 13.0. The summed E-state index contributed by atoms with van der Waals surface area (Å²) in [6.45, 7) is 1.74. The third kappa shape index (κ3) is 2.26. The molecule has 4 rings (SSSR count). The van der Waals surface area contributed by atoms with Gasteiger partial charge in [0.2, 0.25) is 5.91 Å². The molecule has 1 amide bonds. The number of fused-ring (bicyclic) bond motifs is 1. The zero-order valence-corrected chi connectivity index (χ0v) is 12.0. The Morgan fingerprint density at radius 1 is 1.19 bits per heavy atom. The van der Waals surface area contributed by atoms with Crippen molar-refractivity contribution in [3.63, 3.8) is 0 Å². The molecule has 0 aromatic heterocycles. The number of halogens is 1. The van der Waals surface area contributed by atoms with Crippen molar-refractivity contribution in [3.8, 4) is 0 Å². The number of nitrogens with zero attached hydrogens (tertiary/aromatic N) is 1. The van der Waals surface area contributed by atoms with Crippen molar-refractivity contribution < 1.29 is 9.18 Å². The summed E-state index contributed by atoms with van der Waals surface area (Å²) in [6.07, 6.45) is 3.18. The minimum Gasteiger partial charge on any atom is -0.342 e. The molecule has 1 heterocycles. The maximum atomic E-state index is 13.0. The topological polar surface area (TPSA) is 46.3 Å². The highest BCUT2D eigenvalue weighted by Gasteiger charge is 2.49. The smallest absolute Gasteiger partial charge is 0.226 e. The maximum Gasteiger partial charge on any atom is 0.226 e. The minimum atomic E-state index is -0.219. The average Bonchev–Trinajstić information content (AvgIpc) is 3.04. The van der Waals surface area contributed by atoms with Crippen molar-refractivity contribution in [2.45, 2.75) is 31.2 Å². The number of likely N-dealkylation sites (tertiary alicyclic amines) is 1. The van der Waals surface area contributed by atoms with Gasteiger partial charge in [0, 0.05) is 25.0 Å². The van der Waals surface area contributed by atoms with Gasteiger partial charge in [-0.25, -0.2) is 4.39 Å². The van der Waals surface area contributed by atoms with Crippen molar-refractivity contribution >= 4 is 5.91 Å². The molecule has 1 aliphatic heterocycles. The van der Waals surface area contributed by atoms with Gasteiger partial charge in [0.1, 0.15) is 5.82 Å². The van der Waals surface area contributed by atoms with Crippen LogP contribution in [0.5, 0.6) is 0 Å². The fourth-order valence-electron chi connectivity index (χ4n) is 4.27. The van der Waals surface area contributed by atoms with Crippen LogP contribution < -0.4 is 5.73 Å². The van der Waals surface area contributed by atoms with E-state index in [0.29, 0.717) is 11.8 Å². The summed E-state index contributed by atoms with van der Waals surface area (Å²) in [7, 11) is 0. The second kappa shape index (κ2) is 4.80. The first-order chi connectivity index (χ1) is 10.1. The molecule has 1 aromatic carbocycles. The molecule has 0 bridgehead atoms. The largest absolute Gasteiger partial charge is 0.342 e. The zero-order valence-electron chi connectivity index (χ0n) is 12.0. The monoisotopic (exact) mass is 288 g/mol. The molecular weight excluding hydrogens is 267 g/mol. The third-order valence-electron chi connectivity index (χ3n) is 5.63. The second-order valence-corrected chi connectivity index (χ2v) is 6.91. The first-order valence-corrected chi connectivity index (χ1v) is 7.93. The van der Waals surface area contributed by atoms with Gasteiger partial charge in [0.15, 0.2) is 0 Å². The van der Waals surface area contributed by atoms with Crippen LogP contribution in [0.25, 0.3) is 0 Å². The van der Waals surface area contributed by atoms with Gasteiger partial charge in [-0.1, -0.05) is 12.1 Å². The SMILES string of the molecule is NC1CCC2CN(C(=O)C3CC3c3ccc(F)cc3)CC12. The number of rotatable bonds is 2. The highest BCUT2D eigenvalue weighted by molar-refractivity contribution is 5.83. The quantitative estimate of drug-likeness (QED) is 0.906. The van der Waals surface area contributed by atoms with Crippen molar-refractivity contribution in [1.82, 2.24) is 4.90 Å². The minimum absolute atomic E-state index is 0.102. The van der Waals surface area contributed by atoms with Crippen LogP contribution >= 0.6 is 0 Å². The van der Waals surface area contributed by atoms with E-state index >= 15 is 0 Å². The normalized spacial score (nSPS) is 37.6. The van der Waals surface area contributed by atoms with Crippen LogP contribution in [0.4, 0.5) is 4.39 Å². The Balaban J connectivity index is 1.40. The molecule has 5 atom stereocenters. The van der Waals surface area contributed by atoms with Crippen LogP contribution in [0, 0.1) is 23.6 Å². The van der Waals surface area contributed by atoms with Gasteiger partial charge >= 0.3 is 0 Å². The number of carbonyl (C=O) groups excluding carboxylic acids is 1. The molecule has 1 saturated heterocycles. The number of nitrogens with two attached hydrogens (primary N) is 1. The summed E-state index contributed by atoms with van der Waals surface area (Å²) in [6, 6.07) is 6.85. The first-order valence-electron chi connectivity index (χ1n) is 7.93. The van der Waals surface area contributed by atoms with E-state index in [1.54, 1.807) is 0 Å². The molecule has 4 heteroatoms. The van der Waals surface area contributed by atoms with E-state index in [-0.39, 0.29) is 29.6 Å². The van der Waals surface area contributed by atoms with Gasteiger partial charge in [0.05, 0.1) is 0 Å². The number of hydrogen-bond acceptors (Lipinski definition) is 2.